The van der Waals surface area contributed by atoms with E-state index in [2.05, 4.69) is 22.2 Å². The van der Waals surface area contributed by atoms with Gasteiger partial charge in [0.2, 0.25) is 0 Å². The second-order valence-electron chi connectivity index (χ2n) is 4.34. The number of nitrogens with zero attached hydrogens (tertiary/aromatic N) is 2. The summed E-state index contributed by atoms with van der Waals surface area (Å²) >= 11 is 1.82. The van der Waals surface area contributed by atoms with Gasteiger partial charge in [0.25, 0.3) is 0 Å². The van der Waals surface area contributed by atoms with Crippen molar-refractivity contribution >= 4 is 11.3 Å². The van der Waals surface area contributed by atoms with E-state index in [-0.39, 0.29) is 0 Å². The van der Waals surface area contributed by atoms with Gasteiger partial charge in [0.05, 0.1) is 5.01 Å². The van der Waals surface area contributed by atoms with Gasteiger partial charge in [0.15, 0.2) is 0 Å². The molecule has 0 saturated carbocycles. The van der Waals surface area contributed by atoms with Gasteiger partial charge in [-0.1, -0.05) is 13.3 Å². The number of piperidine rings is 1. The van der Waals surface area contributed by atoms with E-state index >= 15 is 0 Å². The molecule has 0 bridgehead atoms. The zero-order valence-electron chi connectivity index (χ0n) is 9.48. The molecule has 2 nitrogen and oxygen atoms in total. The third kappa shape index (κ3) is 3.02. The lowest BCUT2D eigenvalue weighted by atomic mass is 9.97. The van der Waals surface area contributed by atoms with Crippen LogP contribution in [-0.2, 0) is 0 Å². The molecule has 1 aliphatic rings. The van der Waals surface area contributed by atoms with Crippen molar-refractivity contribution in [2.75, 3.05) is 19.6 Å². The smallest absolute Gasteiger partial charge is 0.0956 e. The molecule has 2 heterocycles. The highest BCUT2D eigenvalue weighted by atomic mass is 32.1. The van der Waals surface area contributed by atoms with Gasteiger partial charge in [-0.3, -0.25) is 0 Å². The van der Waals surface area contributed by atoms with Crippen LogP contribution in [0, 0.1) is 0 Å². The van der Waals surface area contributed by atoms with E-state index in [1.165, 1.54) is 50.3 Å². The Hall–Kier alpha value is -0.410. The minimum Gasteiger partial charge on any atom is -0.303 e. The van der Waals surface area contributed by atoms with Crippen LogP contribution in [0.15, 0.2) is 11.6 Å². The number of hydrogen-bond acceptors (Lipinski definition) is 3. The Balaban J connectivity index is 1.77. The van der Waals surface area contributed by atoms with Crippen molar-refractivity contribution < 1.29 is 0 Å². The first-order valence-corrected chi connectivity index (χ1v) is 6.90. The Morgan fingerprint density at radius 2 is 2.27 bits per heavy atom. The van der Waals surface area contributed by atoms with Gasteiger partial charge < -0.3 is 4.90 Å². The Kier molecular flexibility index (Phi) is 4.15. The van der Waals surface area contributed by atoms with Crippen molar-refractivity contribution in [3.8, 4) is 0 Å². The van der Waals surface area contributed by atoms with Gasteiger partial charge in [0.1, 0.15) is 0 Å². The van der Waals surface area contributed by atoms with Crippen LogP contribution in [0.3, 0.4) is 0 Å². The molecule has 0 aliphatic carbocycles. The highest BCUT2D eigenvalue weighted by molar-refractivity contribution is 7.09. The Morgan fingerprint density at radius 1 is 1.47 bits per heavy atom. The first-order chi connectivity index (χ1) is 7.40. The van der Waals surface area contributed by atoms with Crippen LogP contribution in [0.5, 0.6) is 0 Å². The van der Waals surface area contributed by atoms with Crippen molar-refractivity contribution in [3.63, 3.8) is 0 Å². The number of thiazole rings is 1. The molecule has 1 aromatic rings. The van der Waals surface area contributed by atoms with Gasteiger partial charge in [-0.15, -0.1) is 11.3 Å². The van der Waals surface area contributed by atoms with Crippen molar-refractivity contribution in [2.24, 2.45) is 0 Å². The lowest BCUT2D eigenvalue weighted by Crippen LogP contribution is -2.33. The molecule has 84 valence electrons. The molecule has 0 spiro atoms. The molecule has 1 aliphatic heterocycles. The molecule has 0 atom stereocenters. The van der Waals surface area contributed by atoms with Crippen LogP contribution >= 0.6 is 11.3 Å². The second kappa shape index (κ2) is 5.61. The van der Waals surface area contributed by atoms with E-state index in [4.69, 9.17) is 0 Å². The Morgan fingerprint density at radius 3 is 2.87 bits per heavy atom. The number of hydrogen-bond donors (Lipinski definition) is 0. The van der Waals surface area contributed by atoms with Gasteiger partial charge in [-0.05, 0) is 38.9 Å². The molecule has 1 aromatic heterocycles. The SMILES string of the molecule is CCCCN1CCC(c2nccs2)CC1. The van der Waals surface area contributed by atoms with Gasteiger partial charge in [-0.25, -0.2) is 4.98 Å². The summed E-state index contributed by atoms with van der Waals surface area (Å²) in [6, 6.07) is 0. The maximum Gasteiger partial charge on any atom is 0.0956 e. The molecule has 0 N–H and O–H groups in total. The normalized spacial score (nSPS) is 19.5. The molecular weight excluding hydrogens is 204 g/mol. The zero-order chi connectivity index (χ0) is 10.5. The third-order valence-electron chi connectivity index (χ3n) is 3.22. The Bertz CT molecular complexity index is 263. The van der Waals surface area contributed by atoms with Gasteiger partial charge in [0, 0.05) is 17.5 Å². The molecule has 0 amide bonds. The first-order valence-electron chi connectivity index (χ1n) is 6.02. The molecule has 1 fully saturated rings. The summed E-state index contributed by atoms with van der Waals surface area (Å²) in [6.45, 7) is 6.10. The standard InChI is InChI=1S/C12H20N2S/c1-2-3-7-14-8-4-11(5-9-14)12-13-6-10-15-12/h6,10-11H,2-5,7-9H2,1H3. The first kappa shape index (κ1) is 11.1. The summed E-state index contributed by atoms with van der Waals surface area (Å²) in [5, 5.41) is 3.45. The van der Waals surface area contributed by atoms with Crippen LogP contribution in [0.1, 0.15) is 43.5 Å². The maximum absolute atomic E-state index is 4.43. The highest BCUT2D eigenvalue weighted by Gasteiger charge is 2.21. The third-order valence-corrected chi connectivity index (χ3v) is 4.15. The number of rotatable bonds is 4. The lowest BCUT2D eigenvalue weighted by Gasteiger charge is -2.30. The molecule has 1 saturated heterocycles. The summed E-state index contributed by atoms with van der Waals surface area (Å²) in [5.41, 5.74) is 0. The average Bonchev–Trinajstić information content (AvgIpc) is 2.80. The van der Waals surface area contributed by atoms with Crippen molar-refractivity contribution in [1.29, 1.82) is 0 Å². The van der Waals surface area contributed by atoms with Gasteiger partial charge >= 0.3 is 0 Å². The van der Waals surface area contributed by atoms with E-state index in [1.807, 2.05) is 17.5 Å². The molecule has 0 unspecified atom stereocenters. The minimum atomic E-state index is 0.739. The fraction of sp³-hybridized carbons (Fsp3) is 0.750. The summed E-state index contributed by atoms with van der Waals surface area (Å²) < 4.78 is 0. The monoisotopic (exact) mass is 224 g/mol. The van der Waals surface area contributed by atoms with Crippen LogP contribution in [-0.4, -0.2) is 29.5 Å². The number of aromatic nitrogens is 1. The molecule has 2 rings (SSSR count). The molecule has 0 aromatic carbocycles. The van der Waals surface area contributed by atoms with Crippen molar-refractivity contribution in [2.45, 2.75) is 38.5 Å². The lowest BCUT2D eigenvalue weighted by molar-refractivity contribution is 0.209. The largest absolute Gasteiger partial charge is 0.303 e. The molecular formula is C12H20N2S. The topological polar surface area (TPSA) is 16.1 Å². The highest BCUT2D eigenvalue weighted by Crippen LogP contribution is 2.29. The van der Waals surface area contributed by atoms with E-state index in [9.17, 15) is 0 Å². The maximum atomic E-state index is 4.43. The zero-order valence-corrected chi connectivity index (χ0v) is 10.3. The second-order valence-corrected chi connectivity index (χ2v) is 5.27. The quantitative estimate of drug-likeness (QED) is 0.781. The van der Waals surface area contributed by atoms with E-state index in [0.717, 1.165) is 5.92 Å². The fourth-order valence-corrected chi connectivity index (χ4v) is 3.03. The number of unbranched alkanes of at least 4 members (excludes halogenated alkanes) is 1. The predicted molar refractivity (Wildman–Crippen MR) is 65.4 cm³/mol. The van der Waals surface area contributed by atoms with Gasteiger partial charge in [-0.2, -0.15) is 0 Å². The average molecular weight is 224 g/mol. The van der Waals surface area contributed by atoms with Crippen LogP contribution < -0.4 is 0 Å². The Labute approximate surface area is 96.3 Å². The predicted octanol–water partition coefficient (Wildman–Crippen LogP) is 3.12. The summed E-state index contributed by atoms with van der Waals surface area (Å²) in [5.74, 6) is 0.739. The minimum absolute atomic E-state index is 0.739. The fourth-order valence-electron chi connectivity index (χ4n) is 2.22. The van der Waals surface area contributed by atoms with Crippen molar-refractivity contribution in [1.82, 2.24) is 9.88 Å². The summed E-state index contributed by atoms with van der Waals surface area (Å²) in [4.78, 5) is 7.03. The summed E-state index contributed by atoms with van der Waals surface area (Å²) in [7, 11) is 0. The van der Waals surface area contributed by atoms with E-state index < -0.39 is 0 Å². The summed E-state index contributed by atoms with van der Waals surface area (Å²) in [6.07, 6.45) is 7.20. The van der Waals surface area contributed by atoms with Crippen LogP contribution in [0.2, 0.25) is 0 Å². The molecule has 3 heteroatoms. The van der Waals surface area contributed by atoms with E-state index in [1.54, 1.807) is 0 Å². The number of likely N-dealkylation sites (tertiary alicyclic amines) is 1. The molecule has 0 radical (unpaired) electrons. The van der Waals surface area contributed by atoms with E-state index in [0.29, 0.717) is 0 Å². The van der Waals surface area contributed by atoms with Crippen molar-refractivity contribution in [3.05, 3.63) is 16.6 Å². The van der Waals surface area contributed by atoms with Crippen LogP contribution in [0.4, 0.5) is 0 Å². The molecule has 15 heavy (non-hydrogen) atoms. The van der Waals surface area contributed by atoms with Crippen LogP contribution in [0.25, 0.3) is 0 Å².